The van der Waals surface area contributed by atoms with Gasteiger partial charge in [-0.05, 0) is 38.5 Å². The molecule has 3 N–H and O–H groups in total. The van der Waals surface area contributed by atoms with Crippen molar-refractivity contribution in [2.24, 2.45) is 11.1 Å². The molecule has 0 aromatic heterocycles. The van der Waals surface area contributed by atoms with Gasteiger partial charge in [-0.25, -0.2) is 0 Å². The minimum atomic E-state index is -0.433. The van der Waals surface area contributed by atoms with Gasteiger partial charge in [0, 0.05) is 6.54 Å². The maximum Gasteiger partial charge on any atom is 0.0814 e. The monoisotopic (exact) mass is 215 g/mol. The van der Waals surface area contributed by atoms with Gasteiger partial charge in [0.2, 0.25) is 0 Å². The maximum absolute atomic E-state index is 9.46. The van der Waals surface area contributed by atoms with Crippen molar-refractivity contribution in [3.05, 3.63) is 0 Å². The fraction of sp³-hybridized carbons (Fsp3) is 1.00. The minimum absolute atomic E-state index is 0.137. The molecule has 0 amide bonds. The molecular weight excluding hydrogens is 190 g/mol. The standard InChI is InChI=1S/C12H25NO2/c1-9(14)10(2)15-12(8-13)6-5-11(3,4)7-12/h9-10,14H,5-8,13H2,1-4H3. The summed E-state index contributed by atoms with van der Waals surface area (Å²) >= 11 is 0. The Bertz CT molecular complexity index is 216. The lowest BCUT2D eigenvalue weighted by Crippen LogP contribution is -2.44. The third kappa shape index (κ3) is 3.16. The highest BCUT2D eigenvalue weighted by Crippen LogP contribution is 2.45. The molecule has 15 heavy (non-hydrogen) atoms. The Balaban J connectivity index is 2.63. The highest BCUT2D eigenvalue weighted by atomic mass is 16.5. The number of rotatable bonds is 4. The molecule has 3 unspecified atom stereocenters. The molecule has 3 heteroatoms. The molecule has 1 fully saturated rings. The number of hydrogen-bond acceptors (Lipinski definition) is 3. The van der Waals surface area contributed by atoms with Crippen molar-refractivity contribution >= 4 is 0 Å². The van der Waals surface area contributed by atoms with Gasteiger partial charge in [-0.3, -0.25) is 0 Å². The van der Waals surface area contributed by atoms with E-state index in [-0.39, 0.29) is 11.7 Å². The van der Waals surface area contributed by atoms with E-state index >= 15 is 0 Å². The van der Waals surface area contributed by atoms with E-state index in [1.165, 1.54) is 0 Å². The van der Waals surface area contributed by atoms with Crippen LogP contribution in [0, 0.1) is 5.41 Å². The smallest absolute Gasteiger partial charge is 0.0814 e. The van der Waals surface area contributed by atoms with Crippen molar-refractivity contribution in [2.45, 2.75) is 64.8 Å². The first kappa shape index (κ1) is 12.9. The molecular formula is C12H25NO2. The molecule has 0 spiro atoms. The summed E-state index contributed by atoms with van der Waals surface area (Å²) in [7, 11) is 0. The van der Waals surface area contributed by atoms with E-state index < -0.39 is 6.10 Å². The second kappa shape index (κ2) is 4.40. The molecule has 0 heterocycles. The zero-order chi connectivity index (χ0) is 11.7. The lowest BCUT2D eigenvalue weighted by atomic mass is 9.89. The van der Waals surface area contributed by atoms with Crippen LogP contribution in [0.4, 0.5) is 0 Å². The number of aliphatic hydroxyl groups excluding tert-OH is 1. The third-order valence-electron chi connectivity index (χ3n) is 3.55. The Hall–Kier alpha value is -0.120. The van der Waals surface area contributed by atoms with Crippen molar-refractivity contribution in [2.75, 3.05) is 6.54 Å². The summed E-state index contributed by atoms with van der Waals surface area (Å²) < 4.78 is 5.97. The number of aliphatic hydroxyl groups is 1. The van der Waals surface area contributed by atoms with Gasteiger partial charge >= 0.3 is 0 Å². The van der Waals surface area contributed by atoms with Crippen LogP contribution in [0.3, 0.4) is 0 Å². The van der Waals surface area contributed by atoms with Crippen LogP contribution in [0.15, 0.2) is 0 Å². The van der Waals surface area contributed by atoms with E-state index in [9.17, 15) is 5.11 Å². The van der Waals surface area contributed by atoms with E-state index in [1.54, 1.807) is 6.92 Å². The predicted octanol–water partition coefficient (Wildman–Crippen LogP) is 1.68. The predicted molar refractivity (Wildman–Crippen MR) is 61.6 cm³/mol. The van der Waals surface area contributed by atoms with Crippen molar-refractivity contribution in [1.82, 2.24) is 0 Å². The lowest BCUT2D eigenvalue weighted by Gasteiger charge is -2.34. The third-order valence-corrected chi connectivity index (χ3v) is 3.55. The molecule has 1 aliphatic rings. The summed E-state index contributed by atoms with van der Waals surface area (Å²) in [4.78, 5) is 0. The van der Waals surface area contributed by atoms with E-state index in [0.717, 1.165) is 19.3 Å². The average molecular weight is 215 g/mol. The molecule has 0 bridgehead atoms. The van der Waals surface area contributed by atoms with E-state index in [1.807, 2.05) is 6.92 Å². The molecule has 0 saturated heterocycles. The Morgan fingerprint density at radius 2 is 1.93 bits per heavy atom. The average Bonchev–Trinajstić information content (AvgIpc) is 2.42. The fourth-order valence-electron chi connectivity index (χ4n) is 2.43. The van der Waals surface area contributed by atoms with Gasteiger partial charge in [0.25, 0.3) is 0 Å². The van der Waals surface area contributed by atoms with Gasteiger partial charge in [0.15, 0.2) is 0 Å². The van der Waals surface area contributed by atoms with Crippen LogP contribution < -0.4 is 5.73 Å². The van der Waals surface area contributed by atoms with Crippen LogP contribution in [-0.4, -0.2) is 29.5 Å². The molecule has 0 aromatic carbocycles. The minimum Gasteiger partial charge on any atom is -0.391 e. The van der Waals surface area contributed by atoms with E-state index in [2.05, 4.69) is 13.8 Å². The summed E-state index contributed by atoms with van der Waals surface area (Å²) in [6, 6.07) is 0. The van der Waals surface area contributed by atoms with Crippen molar-refractivity contribution in [3.63, 3.8) is 0 Å². The van der Waals surface area contributed by atoms with E-state index in [4.69, 9.17) is 10.5 Å². The van der Waals surface area contributed by atoms with Crippen LogP contribution >= 0.6 is 0 Å². The van der Waals surface area contributed by atoms with Gasteiger partial charge < -0.3 is 15.6 Å². The Kier molecular flexibility index (Phi) is 3.80. The Morgan fingerprint density at radius 1 is 1.33 bits per heavy atom. The summed E-state index contributed by atoms with van der Waals surface area (Å²) in [5.74, 6) is 0. The maximum atomic E-state index is 9.46. The molecule has 1 saturated carbocycles. The zero-order valence-electron chi connectivity index (χ0n) is 10.4. The molecule has 0 aromatic rings. The van der Waals surface area contributed by atoms with Gasteiger partial charge in [-0.15, -0.1) is 0 Å². The van der Waals surface area contributed by atoms with E-state index in [0.29, 0.717) is 12.0 Å². The first-order valence-electron chi connectivity index (χ1n) is 5.86. The topological polar surface area (TPSA) is 55.5 Å². The van der Waals surface area contributed by atoms with Crippen molar-refractivity contribution in [1.29, 1.82) is 0 Å². The highest BCUT2D eigenvalue weighted by molar-refractivity contribution is 4.96. The van der Waals surface area contributed by atoms with Crippen LogP contribution in [-0.2, 0) is 4.74 Å². The van der Waals surface area contributed by atoms with Crippen molar-refractivity contribution in [3.8, 4) is 0 Å². The van der Waals surface area contributed by atoms with Crippen LogP contribution in [0.2, 0.25) is 0 Å². The number of nitrogens with two attached hydrogens (primary N) is 1. The largest absolute Gasteiger partial charge is 0.391 e. The van der Waals surface area contributed by atoms with Gasteiger partial charge in [0.1, 0.15) is 0 Å². The molecule has 90 valence electrons. The van der Waals surface area contributed by atoms with Crippen LogP contribution in [0.1, 0.15) is 47.0 Å². The Labute approximate surface area is 93.0 Å². The van der Waals surface area contributed by atoms with Gasteiger partial charge in [0.05, 0.1) is 17.8 Å². The molecule has 0 aliphatic heterocycles. The zero-order valence-corrected chi connectivity index (χ0v) is 10.4. The SMILES string of the molecule is CC(O)C(C)OC1(CN)CCC(C)(C)C1. The lowest BCUT2D eigenvalue weighted by molar-refractivity contribution is -0.119. The summed E-state index contributed by atoms with van der Waals surface area (Å²) in [5.41, 5.74) is 5.94. The van der Waals surface area contributed by atoms with Crippen molar-refractivity contribution < 1.29 is 9.84 Å². The number of ether oxygens (including phenoxy) is 1. The summed E-state index contributed by atoms with van der Waals surface area (Å²) in [6.07, 6.45) is 2.58. The second-order valence-corrected chi connectivity index (χ2v) is 5.79. The second-order valence-electron chi connectivity index (χ2n) is 5.79. The van der Waals surface area contributed by atoms with Gasteiger partial charge in [-0.2, -0.15) is 0 Å². The first-order chi connectivity index (χ1) is 6.80. The summed E-state index contributed by atoms with van der Waals surface area (Å²) in [6.45, 7) is 8.72. The fourth-order valence-corrected chi connectivity index (χ4v) is 2.43. The van der Waals surface area contributed by atoms with Crippen LogP contribution in [0.5, 0.6) is 0 Å². The first-order valence-corrected chi connectivity index (χ1v) is 5.86. The number of hydrogen-bond donors (Lipinski definition) is 2. The normalized spacial score (nSPS) is 34.0. The highest BCUT2D eigenvalue weighted by Gasteiger charge is 2.44. The van der Waals surface area contributed by atoms with Gasteiger partial charge in [-0.1, -0.05) is 13.8 Å². The quantitative estimate of drug-likeness (QED) is 0.750. The van der Waals surface area contributed by atoms with Crippen LogP contribution in [0.25, 0.3) is 0 Å². The molecule has 0 radical (unpaired) electrons. The molecule has 3 atom stereocenters. The Morgan fingerprint density at radius 3 is 2.27 bits per heavy atom. The molecule has 1 aliphatic carbocycles. The molecule has 1 rings (SSSR count). The molecule has 3 nitrogen and oxygen atoms in total. The summed E-state index contributed by atoms with van der Waals surface area (Å²) in [5, 5.41) is 9.46.